The van der Waals surface area contributed by atoms with Gasteiger partial charge in [0, 0.05) is 17.7 Å². The first-order valence-corrected chi connectivity index (χ1v) is 9.35. The quantitative estimate of drug-likeness (QED) is 0.487. The van der Waals surface area contributed by atoms with Crippen molar-refractivity contribution in [2.45, 2.75) is 31.6 Å². The highest BCUT2D eigenvalue weighted by Crippen LogP contribution is 2.38. The molecule has 158 valence electrons. The number of nitrogens with one attached hydrogen (secondary N) is 1. The largest absolute Gasteiger partial charge is 0.416 e. The average Bonchev–Trinajstić information content (AvgIpc) is 2.88. The number of halogens is 6. The number of anilines is 1. The summed E-state index contributed by atoms with van der Waals surface area (Å²) in [5.41, 5.74) is -0.126. The van der Waals surface area contributed by atoms with Crippen molar-refractivity contribution in [3.05, 3.63) is 65.2 Å². The summed E-state index contributed by atoms with van der Waals surface area (Å²) in [6, 6.07) is 9.55. The molecule has 1 aliphatic rings. The molecule has 0 amide bonds. The molecule has 1 aromatic heterocycles. The Morgan fingerprint density at radius 2 is 1.50 bits per heavy atom. The highest BCUT2D eigenvalue weighted by molar-refractivity contribution is 5.72. The first-order chi connectivity index (χ1) is 14.1. The number of fused-ring (bicyclic) bond motifs is 1. The Morgan fingerprint density at radius 1 is 0.833 bits per heavy atom. The fourth-order valence-corrected chi connectivity index (χ4v) is 3.58. The SMILES string of the molecule is FC(F)(F)c1cccc(-c2nn(-c3cccc(C(F)(F)F)c3)c3c2CCCCN3)c1. The summed E-state index contributed by atoms with van der Waals surface area (Å²) in [6.45, 7) is 0.597. The van der Waals surface area contributed by atoms with E-state index in [0.717, 1.165) is 37.1 Å². The Balaban J connectivity index is 1.88. The van der Waals surface area contributed by atoms with Crippen LogP contribution in [0.1, 0.15) is 29.5 Å². The first-order valence-electron chi connectivity index (χ1n) is 9.35. The van der Waals surface area contributed by atoms with Gasteiger partial charge >= 0.3 is 12.4 Å². The minimum Gasteiger partial charge on any atom is -0.370 e. The molecule has 0 atom stereocenters. The molecular weight excluding hydrogens is 408 g/mol. The maximum absolute atomic E-state index is 13.2. The molecule has 2 aromatic carbocycles. The lowest BCUT2D eigenvalue weighted by molar-refractivity contribution is -0.138. The second-order valence-electron chi connectivity index (χ2n) is 7.10. The maximum Gasteiger partial charge on any atom is 0.416 e. The van der Waals surface area contributed by atoms with E-state index in [1.165, 1.54) is 28.9 Å². The van der Waals surface area contributed by atoms with Crippen LogP contribution in [0.25, 0.3) is 16.9 Å². The highest BCUT2D eigenvalue weighted by atomic mass is 19.4. The Morgan fingerprint density at radius 3 is 2.20 bits per heavy atom. The van der Waals surface area contributed by atoms with Crippen molar-refractivity contribution in [3.8, 4) is 16.9 Å². The van der Waals surface area contributed by atoms with Crippen molar-refractivity contribution in [2.24, 2.45) is 0 Å². The number of alkyl halides is 6. The van der Waals surface area contributed by atoms with Crippen LogP contribution in [0.15, 0.2) is 48.5 Å². The van der Waals surface area contributed by atoms with E-state index in [9.17, 15) is 26.3 Å². The van der Waals surface area contributed by atoms with Gasteiger partial charge in [-0.2, -0.15) is 31.4 Å². The van der Waals surface area contributed by atoms with Crippen LogP contribution >= 0.6 is 0 Å². The number of nitrogens with zero attached hydrogens (tertiary/aromatic N) is 2. The van der Waals surface area contributed by atoms with Crippen molar-refractivity contribution < 1.29 is 26.3 Å². The molecule has 0 unspecified atom stereocenters. The van der Waals surface area contributed by atoms with Gasteiger partial charge in [0.1, 0.15) is 5.82 Å². The summed E-state index contributed by atoms with van der Waals surface area (Å²) in [5, 5.41) is 7.62. The number of aromatic nitrogens is 2. The molecule has 0 fully saturated rings. The number of rotatable bonds is 2. The van der Waals surface area contributed by atoms with Gasteiger partial charge < -0.3 is 5.32 Å². The topological polar surface area (TPSA) is 29.9 Å². The molecule has 3 nitrogen and oxygen atoms in total. The van der Waals surface area contributed by atoms with Crippen LogP contribution in [-0.4, -0.2) is 16.3 Å². The van der Waals surface area contributed by atoms with Crippen molar-refractivity contribution in [2.75, 3.05) is 11.9 Å². The molecule has 3 aromatic rings. The number of hydrogen-bond acceptors (Lipinski definition) is 2. The minimum absolute atomic E-state index is 0.189. The van der Waals surface area contributed by atoms with Crippen molar-refractivity contribution in [1.29, 1.82) is 0 Å². The standard InChI is InChI=1S/C21H17F6N3/c22-20(23,24)14-6-3-5-13(11-14)18-17-9-1-2-10-28-19(17)30(29-18)16-8-4-7-15(12-16)21(25,26)27/h3-8,11-12,28H,1-2,9-10H2. The van der Waals surface area contributed by atoms with Gasteiger partial charge in [0.2, 0.25) is 0 Å². The summed E-state index contributed by atoms with van der Waals surface area (Å²) in [6.07, 6.45) is -6.83. The van der Waals surface area contributed by atoms with E-state index in [-0.39, 0.29) is 11.3 Å². The van der Waals surface area contributed by atoms with E-state index < -0.39 is 23.5 Å². The normalized spacial score (nSPS) is 14.7. The Bertz CT molecular complexity index is 983. The molecule has 0 spiro atoms. The molecule has 30 heavy (non-hydrogen) atoms. The highest BCUT2D eigenvalue weighted by Gasteiger charge is 2.32. The molecule has 4 rings (SSSR count). The average molecular weight is 425 g/mol. The third-order valence-electron chi connectivity index (χ3n) is 5.01. The van der Waals surface area contributed by atoms with Crippen LogP contribution < -0.4 is 5.32 Å². The lowest BCUT2D eigenvalue weighted by Gasteiger charge is -2.12. The summed E-state index contributed by atoms with van der Waals surface area (Å²) < 4.78 is 80.3. The van der Waals surface area contributed by atoms with E-state index in [1.807, 2.05) is 0 Å². The van der Waals surface area contributed by atoms with Gasteiger partial charge in [-0.05, 0) is 49.6 Å². The van der Waals surface area contributed by atoms with Crippen LogP contribution in [-0.2, 0) is 18.8 Å². The van der Waals surface area contributed by atoms with Crippen LogP contribution in [0, 0.1) is 0 Å². The van der Waals surface area contributed by atoms with Crippen molar-refractivity contribution in [1.82, 2.24) is 9.78 Å². The first kappa shape index (κ1) is 20.3. The van der Waals surface area contributed by atoms with Gasteiger partial charge in [0.05, 0.1) is 22.5 Å². The summed E-state index contributed by atoms with van der Waals surface area (Å²) in [5.74, 6) is 0.513. The lowest BCUT2D eigenvalue weighted by atomic mass is 10.0. The summed E-state index contributed by atoms with van der Waals surface area (Å²) >= 11 is 0. The molecule has 0 saturated carbocycles. The third-order valence-corrected chi connectivity index (χ3v) is 5.01. The molecule has 0 bridgehead atoms. The van der Waals surface area contributed by atoms with Gasteiger partial charge in [0.25, 0.3) is 0 Å². The minimum atomic E-state index is -4.52. The van der Waals surface area contributed by atoms with E-state index >= 15 is 0 Å². The van der Waals surface area contributed by atoms with E-state index in [2.05, 4.69) is 10.4 Å². The predicted molar refractivity (Wildman–Crippen MR) is 100 cm³/mol. The van der Waals surface area contributed by atoms with Crippen LogP contribution in [0.2, 0.25) is 0 Å². The second-order valence-corrected chi connectivity index (χ2v) is 7.10. The van der Waals surface area contributed by atoms with Gasteiger partial charge in [0.15, 0.2) is 0 Å². The number of benzene rings is 2. The van der Waals surface area contributed by atoms with Gasteiger partial charge in [-0.3, -0.25) is 0 Å². The molecule has 1 N–H and O–H groups in total. The predicted octanol–water partition coefficient (Wildman–Crippen LogP) is 6.33. The van der Waals surface area contributed by atoms with E-state index in [4.69, 9.17) is 0 Å². The third kappa shape index (κ3) is 3.88. The molecule has 0 radical (unpaired) electrons. The molecule has 0 aliphatic carbocycles. The zero-order valence-electron chi connectivity index (χ0n) is 15.6. The molecule has 1 aliphatic heterocycles. The zero-order valence-corrected chi connectivity index (χ0v) is 15.6. The second kappa shape index (κ2) is 7.37. The zero-order chi connectivity index (χ0) is 21.5. The van der Waals surface area contributed by atoms with Crippen molar-refractivity contribution in [3.63, 3.8) is 0 Å². The van der Waals surface area contributed by atoms with E-state index in [1.54, 1.807) is 0 Å². The Labute approximate surface area is 168 Å². The monoisotopic (exact) mass is 425 g/mol. The van der Waals surface area contributed by atoms with Gasteiger partial charge in [-0.25, -0.2) is 4.68 Å². The molecular formula is C21H17F6N3. The summed E-state index contributed by atoms with van der Waals surface area (Å²) in [4.78, 5) is 0. The Kier molecular flexibility index (Phi) is 4.99. The fourth-order valence-electron chi connectivity index (χ4n) is 3.58. The fraction of sp³-hybridized carbons (Fsp3) is 0.286. The molecule has 2 heterocycles. The van der Waals surface area contributed by atoms with E-state index in [0.29, 0.717) is 30.0 Å². The van der Waals surface area contributed by atoms with Crippen LogP contribution in [0.3, 0.4) is 0 Å². The molecule has 0 saturated heterocycles. The van der Waals surface area contributed by atoms with Gasteiger partial charge in [-0.15, -0.1) is 0 Å². The smallest absolute Gasteiger partial charge is 0.370 e. The van der Waals surface area contributed by atoms with Crippen molar-refractivity contribution >= 4 is 5.82 Å². The Hall–Kier alpha value is -2.97. The maximum atomic E-state index is 13.2. The summed E-state index contributed by atoms with van der Waals surface area (Å²) in [7, 11) is 0. The number of hydrogen-bond donors (Lipinski definition) is 1. The van der Waals surface area contributed by atoms with Crippen LogP contribution in [0.4, 0.5) is 32.2 Å². The lowest BCUT2D eigenvalue weighted by Crippen LogP contribution is -2.09. The van der Waals surface area contributed by atoms with Gasteiger partial charge in [-0.1, -0.05) is 18.2 Å². The molecule has 9 heteroatoms. The van der Waals surface area contributed by atoms with Crippen LogP contribution in [0.5, 0.6) is 0 Å².